The molecule has 0 spiro atoms. The summed E-state index contributed by atoms with van der Waals surface area (Å²) in [5.74, 6) is 0. The van der Waals surface area contributed by atoms with Gasteiger partial charge in [0.15, 0.2) is 0 Å². The van der Waals surface area contributed by atoms with Crippen LogP contribution in [0.1, 0.15) is 18.9 Å². The highest BCUT2D eigenvalue weighted by Gasteiger charge is 2.09. The van der Waals surface area contributed by atoms with Crippen molar-refractivity contribution >= 4 is 0 Å². The molecular formula is C14H21N3. The van der Waals surface area contributed by atoms with E-state index in [1.165, 1.54) is 5.56 Å². The molecule has 0 aliphatic heterocycles. The zero-order valence-corrected chi connectivity index (χ0v) is 10.7. The first kappa shape index (κ1) is 13.7. The number of nitrogens with one attached hydrogen (secondary N) is 1. The van der Waals surface area contributed by atoms with Crippen molar-refractivity contribution in [2.24, 2.45) is 0 Å². The number of rotatable bonds is 7. The fraction of sp³-hybridized carbons (Fsp3) is 0.500. The Bertz CT molecular complexity index is 342. The number of likely N-dealkylation sites (N-methyl/N-ethyl adjacent to an activating group) is 1. The molecule has 1 aromatic rings. The highest BCUT2D eigenvalue weighted by atomic mass is 15.1. The molecule has 0 bridgehead atoms. The molecule has 1 atom stereocenters. The van der Waals surface area contributed by atoms with Crippen LogP contribution in [0.15, 0.2) is 30.3 Å². The molecule has 1 rings (SSSR count). The van der Waals surface area contributed by atoms with Crippen LogP contribution < -0.4 is 5.32 Å². The molecule has 92 valence electrons. The van der Waals surface area contributed by atoms with E-state index in [1.807, 2.05) is 25.2 Å². The minimum Gasteiger partial charge on any atom is -0.301 e. The lowest BCUT2D eigenvalue weighted by Crippen LogP contribution is -2.38. The van der Waals surface area contributed by atoms with Crippen molar-refractivity contribution in [3.05, 3.63) is 35.9 Å². The number of nitriles is 1. The van der Waals surface area contributed by atoms with Gasteiger partial charge in [0.25, 0.3) is 0 Å². The Morgan fingerprint density at radius 1 is 1.35 bits per heavy atom. The van der Waals surface area contributed by atoms with Crippen molar-refractivity contribution in [1.29, 1.82) is 5.26 Å². The maximum atomic E-state index is 9.03. The zero-order valence-electron chi connectivity index (χ0n) is 10.7. The summed E-state index contributed by atoms with van der Waals surface area (Å²) in [5.41, 5.74) is 1.28. The molecule has 3 nitrogen and oxygen atoms in total. The third kappa shape index (κ3) is 5.48. The van der Waals surface area contributed by atoms with Crippen molar-refractivity contribution in [3.63, 3.8) is 0 Å². The van der Waals surface area contributed by atoms with Gasteiger partial charge in [0, 0.05) is 13.1 Å². The summed E-state index contributed by atoms with van der Waals surface area (Å²) in [6.07, 6.45) is 1.06. The largest absolute Gasteiger partial charge is 0.301 e. The average molecular weight is 231 g/mol. The minimum absolute atomic E-state index is 0.0799. The third-order valence-corrected chi connectivity index (χ3v) is 2.59. The lowest BCUT2D eigenvalue weighted by atomic mass is 10.2. The number of benzene rings is 1. The summed E-state index contributed by atoms with van der Waals surface area (Å²) in [4.78, 5) is 2.17. The van der Waals surface area contributed by atoms with Crippen molar-refractivity contribution < 1.29 is 0 Å². The van der Waals surface area contributed by atoms with Gasteiger partial charge >= 0.3 is 0 Å². The maximum Gasteiger partial charge on any atom is 0.108 e. The van der Waals surface area contributed by atoms with Crippen LogP contribution in [0.3, 0.4) is 0 Å². The van der Waals surface area contributed by atoms with Crippen LogP contribution in [0.5, 0.6) is 0 Å². The minimum atomic E-state index is -0.0799. The van der Waals surface area contributed by atoms with Gasteiger partial charge in [-0.2, -0.15) is 5.26 Å². The van der Waals surface area contributed by atoms with Crippen LogP contribution in [0.4, 0.5) is 0 Å². The summed E-state index contributed by atoms with van der Waals surface area (Å²) in [5, 5.41) is 12.3. The first-order valence-electron chi connectivity index (χ1n) is 6.11. The second kappa shape index (κ2) is 7.83. The first-order chi connectivity index (χ1) is 8.26. The molecule has 1 aromatic carbocycles. The second-order valence-corrected chi connectivity index (χ2v) is 4.32. The Hall–Kier alpha value is -1.37. The second-order valence-electron chi connectivity index (χ2n) is 4.32. The molecule has 0 heterocycles. The molecule has 0 amide bonds. The fourth-order valence-electron chi connectivity index (χ4n) is 1.74. The number of hydrogen-bond donors (Lipinski definition) is 1. The summed E-state index contributed by atoms with van der Waals surface area (Å²) < 4.78 is 0. The Balaban J connectivity index is 2.38. The highest BCUT2D eigenvalue weighted by molar-refractivity contribution is 5.14. The first-order valence-corrected chi connectivity index (χ1v) is 6.11. The van der Waals surface area contributed by atoms with Crippen molar-refractivity contribution in [2.75, 3.05) is 20.1 Å². The van der Waals surface area contributed by atoms with E-state index in [0.717, 1.165) is 26.1 Å². The van der Waals surface area contributed by atoms with Gasteiger partial charge < -0.3 is 5.32 Å². The Labute approximate surface area is 104 Å². The molecule has 0 saturated heterocycles. The van der Waals surface area contributed by atoms with E-state index in [0.29, 0.717) is 0 Å². The standard InChI is InChI=1S/C14H21N3/c1-3-9-16-14(10-15)12-17(2)11-13-7-5-4-6-8-13/h4-8,14,16H,3,9,11-12H2,1-2H3. The normalized spacial score (nSPS) is 12.4. The van der Waals surface area contributed by atoms with Crippen LogP contribution in [-0.2, 0) is 6.54 Å². The molecule has 1 N–H and O–H groups in total. The monoisotopic (exact) mass is 231 g/mol. The smallest absolute Gasteiger partial charge is 0.108 e. The van der Waals surface area contributed by atoms with E-state index < -0.39 is 0 Å². The molecule has 0 aliphatic rings. The topological polar surface area (TPSA) is 39.1 Å². The molecule has 0 aliphatic carbocycles. The van der Waals surface area contributed by atoms with Gasteiger partial charge in [0.05, 0.1) is 6.07 Å². The van der Waals surface area contributed by atoms with E-state index >= 15 is 0 Å². The third-order valence-electron chi connectivity index (χ3n) is 2.59. The van der Waals surface area contributed by atoms with E-state index in [-0.39, 0.29) is 6.04 Å². The van der Waals surface area contributed by atoms with Crippen LogP contribution in [0, 0.1) is 11.3 Å². The highest BCUT2D eigenvalue weighted by Crippen LogP contribution is 2.02. The quantitative estimate of drug-likeness (QED) is 0.780. The SMILES string of the molecule is CCCNC(C#N)CN(C)Cc1ccccc1. The van der Waals surface area contributed by atoms with Crippen LogP contribution in [0.2, 0.25) is 0 Å². The lowest BCUT2D eigenvalue weighted by molar-refractivity contribution is 0.303. The molecule has 17 heavy (non-hydrogen) atoms. The lowest BCUT2D eigenvalue weighted by Gasteiger charge is -2.20. The summed E-state index contributed by atoms with van der Waals surface area (Å²) in [6, 6.07) is 12.5. The van der Waals surface area contributed by atoms with E-state index in [1.54, 1.807) is 0 Å². The Morgan fingerprint density at radius 3 is 2.65 bits per heavy atom. The van der Waals surface area contributed by atoms with Gasteiger partial charge in [0.1, 0.15) is 6.04 Å². The fourth-order valence-corrected chi connectivity index (χ4v) is 1.74. The summed E-state index contributed by atoms with van der Waals surface area (Å²) in [6.45, 7) is 4.64. The number of hydrogen-bond acceptors (Lipinski definition) is 3. The molecule has 1 unspecified atom stereocenters. The van der Waals surface area contributed by atoms with Crippen molar-refractivity contribution in [1.82, 2.24) is 10.2 Å². The van der Waals surface area contributed by atoms with Crippen molar-refractivity contribution in [2.45, 2.75) is 25.9 Å². The van der Waals surface area contributed by atoms with Crippen LogP contribution >= 0.6 is 0 Å². The molecular weight excluding hydrogens is 210 g/mol. The van der Waals surface area contributed by atoms with E-state index in [4.69, 9.17) is 5.26 Å². The predicted molar refractivity (Wildman–Crippen MR) is 70.5 cm³/mol. The zero-order chi connectivity index (χ0) is 12.5. The van der Waals surface area contributed by atoms with Crippen LogP contribution in [0.25, 0.3) is 0 Å². The average Bonchev–Trinajstić information content (AvgIpc) is 2.35. The molecule has 0 aromatic heterocycles. The van der Waals surface area contributed by atoms with Gasteiger partial charge in [-0.1, -0.05) is 37.3 Å². The number of nitrogens with zero attached hydrogens (tertiary/aromatic N) is 2. The van der Waals surface area contributed by atoms with Gasteiger partial charge in [-0.15, -0.1) is 0 Å². The Kier molecular flexibility index (Phi) is 6.31. The van der Waals surface area contributed by atoms with Gasteiger partial charge in [-0.3, -0.25) is 4.90 Å². The predicted octanol–water partition coefficient (Wildman–Crippen LogP) is 2.01. The van der Waals surface area contributed by atoms with Crippen LogP contribution in [-0.4, -0.2) is 31.1 Å². The molecule has 0 saturated carbocycles. The van der Waals surface area contributed by atoms with E-state index in [2.05, 4.69) is 35.3 Å². The van der Waals surface area contributed by atoms with E-state index in [9.17, 15) is 0 Å². The Morgan fingerprint density at radius 2 is 2.06 bits per heavy atom. The molecule has 0 radical (unpaired) electrons. The molecule has 0 fully saturated rings. The molecule has 3 heteroatoms. The van der Waals surface area contributed by atoms with Gasteiger partial charge in [-0.05, 0) is 25.6 Å². The summed E-state index contributed by atoms with van der Waals surface area (Å²) >= 11 is 0. The van der Waals surface area contributed by atoms with Crippen molar-refractivity contribution in [3.8, 4) is 6.07 Å². The maximum absolute atomic E-state index is 9.03. The summed E-state index contributed by atoms with van der Waals surface area (Å²) in [7, 11) is 2.05. The van der Waals surface area contributed by atoms with Gasteiger partial charge in [0.2, 0.25) is 0 Å². The van der Waals surface area contributed by atoms with Gasteiger partial charge in [-0.25, -0.2) is 0 Å².